The highest BCUT2D eigenvalue weighted by Gasteiger charge is 2.05. The quantitative estimate of drug-likeness (QED) is 0.683. The minimum atomic E-state index is 0.748. The van der Waals surface area contributed by atoms with Crippen molar-refractivity contribution >= 4 is 0 Å². The van der Waals surface area contributed by atoms with Gasteiger partial charge in [-0.05, 0) is 20.8 Å². The van der Waals surface area contributed by atoms with Gasteiger partial charge in [0.15, 0.2) is 0 Å². The van der Waals surface area contributed by atoms with Crippen molar-refractivity contribution in [1.82, 2.24) is 9.55 Å². The molecule has 0 aromatic carbocycles. The van der Waals surface area contributed by atoms with Crippen LogP contribution in [0, 0.1) is 20.8 Å². The molecule has 68 valence electrons. The van der Waals surface area contributed by atoms with E-state index in [1.54, 1.807) is 7.11 Å². The second kappa shape index (κ2) is 3.72. The lowest BCUT2D eigenvalue weighted by molar-refractivity contribution is 0.186. The molecule has 0 unspecified atom stereocenters. The summed E-state index contributed by atoms with van der Waals surface area (Å²) < 4.78 is 7.20. The van der Waals surface area contributed by atoms with Gasteiger partial charge in [-0.1, -0.05) is 0 Å². The van der Waals surface area contributed by atoms with E-state index in [9.17, 15) is 0 Å². The van der Waals surface area contributed by atoms with Gasteiger partial charge in [0, 0.05) is 19.3 Å². The maximum Gasteiger partial charge on any atom is 0.106 e. The fourth-order valence-corrected chi connectivity index (χ4v) is 1.33. The van der Waals surface area contributed by atoms with E-state index >= 15 is 0 Å². The fourth-order valence-electron chi connectivity index (χ4n) is 1.33. The third-order valence-electron chi connectivity index (χ3n) is 2.17. The Balaban J connectivity index is 2.82. The van der Waals surface area contributed by atoms with Gasteiger partial charge in [0.25, 0.3) is 0 Å². The molecular weight excluding hydrogens is 152 g/mol. The van der Waals surface area contributed by atoms with Gasteiger partial charge < -0.3 is 9.30 Å². The molecule has 3 nitrogen and oxygen atoms in total. The maximum atomic E-state index is 5.02. The number of methoxy groups -OCH3 is 1. The lowest BCUT2D eigenvalue weighted by Crippen LogP contribution is -2.07. The zero-order valence-electron chi connectivity index (χ0n) is 8.22. The number of hydrogen-bond acceptors (Lipinski definition) is 2. The molecule has 0 spiro atoms. The molecule has 0 aliphatic carbocycles. The molecular formula is C9H16N2O. The first-order valence-electron chi connectivity index (χ1n) is 4.16. The van der Waals surface area contributed by atoms with Crippen molar-refractivity contribution in [2.45, 2.75) is 27.3 Å². The summed E-state index contributed by atoms with van der Waals surface area (Å²) in [5.74, 6) is 1.07. The van der Waals surface area contributed by atoms with Gasteiger partial charge in [-0.2, -0.15) is 0 Å². The predicted octanol–water partition coefficient (Wildman–Crippen LogP) is 1.45. The second-order valence-electron chi connectivity index (χ2n) is 2.97. The Hall–Kier alpha value is -0.830. The van der Waals surface area contributed by atoms with Gasteiger partial charge in [-0.3, -0.25) is 0 Å². The Morgan fingerprint density at radius 2 is 2.00 bits per heavy atom. The molecule has 0 N–H and O–H groups in total. The average molecular weight is 168 g/mol. The van der Waals surface area contributed by atoms with Gasteiger partial charge >= 0.3 is 0 Å². The number of nitrogens with zero attached hydrogens (tertiary/aromatic N) is 2. The van der Waals surface area contributed by atoms with Crippen LogP contribution in [0.4, 0.5) is 0 Å². The number of aromatic nitrogens is 2. The van der Waals surface area contributed by atoms with Crippen LogP contribution in [0.15, 0.2) is 0 Å². The minimum absolute atomic E-state index is 0.748. The molecule has 0 bridgehead atoms. The molecule has 1 heterocycles. The smallest absolute Gasteiger partial charge is 0.106 e. The predicted molar refractivity (Wildman–Crippen MR) is 48.3 cm³/mol. The summed E-state index contributed by atoms with van der Waals surface area (Å²) >= 11 is 0. The van der Waals surface area contributed by atoms with Crippen molar-refractivity contribution < 1.29 is 4.74 Å². The summed E-state index contributed by atoms with van der Waals surface area (Å²) in [5, 5.41) is 0. The number of imidazole rings is 1. The van der Waals surface area contributed by atoms with E-state index in [1.165, 1.54) is 5.69 Å². The molecule has 0 radical (unpaired) electrons. The molecule has 0 fully saturated rings. The van der Waals surface area contributed by atoms with Gasteiger partial charge in [0.05, 0.1) is 12.3 Å². The van der Waals surface area contributed by atoms with E-state index in [1.807, 2.05) is 13.8 Å². The highest BCUT2D eigenvalue weighted by molar-refractivity contribution is 5.13. The number of hydrogen-bond donors (Lipinski definition) is 0. The Morgan fingerprint density at radius 1 is 1.33 bits per heavy atom. The van der Waals surface area contributed by atoms with Crippen molar-refractivity contribution in [2.75, 3.05) is 13.7 Å². The SMILES string of the molecule is COCCn1c(C)nc(C)c1C. The minimum Gasteiger partial charge on any atom is -0.383 e. The van der Waals surface area contributed by atoms with Crippen LogP contribution in [-0.4, -0.2) is 23.3 Å². The van der Waals surface area contributed by atoms with Crippen LogP contribution in [0.5, 0.6) is 0 Å². The zero-order valence-corrected chi connectivity index (χ0v) is 8.22. The van der Waals surface area contributed by atoms with Crippen LogP contribution in [0.1, 0.15) is 17.2 Å². The number of aryl methyl sites for hydroxylation is 2. The van der Waals surface area contributed by atoms with Gasteiger partial charge in [0.2, 0.25) is 0 Å². The molecule has 0 amide bonds. The normalized spacial score (nSPS) is 10.7. The van der Waals surface area contributed by atoms with Crippen molar-refractivity contribution in [3.63, 3.8) is 0 Å². The summed E-state index contributed by atoms with van der Waals surface area (Å²) in [6.45, 7) is 7.79. The molecule has 3 heteroatoms. The van der Waals surface area contributed by atoms with Crippen LogP contribution >= 0.6 is 0 Å². The van der Waals surface area contributed by atoms with Crippen molar-refractivity contribution in [1.29, 1.82) is 0 Å². The molecule has 1 rings (SSSR count). The van der Waals surface area contributed by atoms with Gasteiger partial charge in [-0.25, -0.2) is 4.98 Å². The molecule has 0 saturated heterocycles. The van der Waals surface area contributed by atoms with Crippen LogP contribution in [-0.2, 0) is 11.3 Å². The van der Waals surface area contributed by atoms with Crippen molar-refractivity contribution in [3.05, 3.63) is 17.2 Å². The van der Waals surface area contributed by atoms with Gasteiger partial charge in [0.1, 0.15) is 5.82 Å². The van der Waals surface area contributed by atoms with Gasteiger partial charge in [-0.15, -0.1) is 0 Å². The van der Waals surface area contributed by atoms with E-state index in [4.69, 9.17) is 4.74 Å². The third-order valence-corrected chi connectivity index (χ3v) is 2.17. The molecule has 0 saturated carbocycles. The zero-order chi connectivity index (χ0) is 9.14. The lowest BCUT2D eigenvalue weighted by Gasteiger charge is -2.06. The molecule has 1 aromatic heterocycles. The number of rotatable bonds is 3. The van der Waals surface area contributed by atoms with E-state index in [0.717, 1.165) is 24.7 Å². The number of ether oxygens (including phenoxy) is 1. The summed E-state index contributed by atoms with van der Waals surface area (Å²) in [6, 6.07) is 0. The summed E-state index contributed by atoms with van der Waals surface area (Å²) in [6.07, 6.45) is 0. The monoisotopic (exact) mass is 168 g/mol. The topological polar surface area (TPSA) is 27.1 Å². The Kier molecular flexibility index (Phi) is 2.87. The first-order valence-corrected chi connectivity index (χ1v) is 4.16. The van der Waals surface area contributed by atoms with Crippen molar-refractivity contribution in [3.8, 4) is 0 Å². The first kappa shape index (κ1) is 9.26. The maximum absolute atomic E-state index is 5.02. The fraction of sp³-hybridized carbons (Fsp3) is 0.667. The van der Waals surface area contributed by atoms with E-state index in [0.29, 0.717) is 0 Å². The Labute approximate surface area is 73.4 Å². The standard InChI is InChI=1S/C9H16N2O/c1-7-8(2)11(5-6-12-4)9(3)10-7/h5-6H2,1-4H3. The summed E-state index contributed by atoms with van der Waals surface area (Å²) in [7, 11) is 1.72. The summed E-state index contributed by atoms with van der Waals surface area (Å²) in [4.78, 5) is 4.37. The molecule has 1 aromatic rings. The molecule has 12 heavy (non-hydrogen) atoms. The molecule has 0 atom stereocenters. The van der Waals surface area contributed by atoms with Crippen molar-refractivity contribution in [2.24, 2.45) is 0 Å². The van der Waals surface area contributed by atoms with E-state index in [2.05, 4.69) is 16.5 Å². The first-order chi connectivity index (χ1) is 5.66. The Morgan fingerprint density at radius 3 is 2.42 bits per heavy atom. The highest BCUT2D eigenvalue weighted by atomic mass is 16.5. The largest absolute Gasteiger partial charge is 0.383 e. The summed E-state index contributed by atoms with van der Waals surface area (Å²) in [5.41, 5.74) is 2.35. The van der Waals surface area contributed by atoms with Crippen LogP contribution in [0.25, 0.3) is 0 Å². The molecule has 0 aliphatic heterocycles. The molecule has 0 aliphatic rings. The van der Waals surface area contributed by atoms with Crippen LogP contribution < -0.4 is 0 Å². The lowest BCUT2D eigenvalue weighted by atomic mass is 10.4. The van der Waals surface area contributed by atoms with Crippen LogP contribution in [0.3, 0.4) is 0 Å². The second-order valence-corrected chi connectivity index (χ2v) is 2.97. The third kappa shape index (κ3) is 1.67. The van der Waals surface area contributed by atoms with E-state index in [-0.39, 0.29) is 0 Å². The highest BCUT2D eigenvalue weighted by Crippen LogP contribution is 2.08. The Bertz CT molecular complexity index is 266. The average Bonchev–Trinajstić information content (AvgIpc) is 2.25. The van der Waals surface area contributed by atoms with Crippen LogP contribution in [0.2, 0.25) is 0 Å². The van der Waals surface area contributed by atoms with E-state index < -0.39 is 0 Å².